The molecule has 192 valence electrons. The Balaban J connectivity index is 2.01. The van der Waals surface area contributed by atoms with Crippen molar-refractivity contribution in [3.05, 3.63) is 36.0 Å². The molecule has 0 bridgehead atoms. The Labute approximate surface area is 209 Å². The third-order valence-corrected chi connectivity index (χ3v) is 6.11. The summed E-state index contributed by atoms with van der Waals surface area (Å²) in [6, 6.07) is 4.65. The molecule has 11 heteroatoms. The van der Waals surface area contributed by atoms with Crippen molar-refractivity contribution in [2.45, 2.75) is 51.2 Å². The van der Waals surface area contributed by atoms with Crippen molar-refractivity contribution in [3.63, 3.8) is 0 Å². The first-order valence-corrected chi connectivity index (χ1v) is 12.9. The first-order chi connectivity index (χ1) is 16.6. The maximum absolute atomic E-state index is 13.0. The number of carboxylic acids is 1. The van der Waals surface area contributed by atoms with Gasteiger partial charge in [0.2, 0.25) is 17.7 Å². The minimum atomic E-state index is -1.18. The number of aliphatic carboxylic acids is 1. The van der Waals surface area contributed by atoms with Gasteiger partial charge in [0.05, 0.1) is 12.6 Å². The van der Waals surface area contributed by atoms with Gasteiger partial charge >= 0.3 is 5.97 Å². The Morgan fingerprint density at radius 1 is 1.09 bits per heavy atom. The summed E-state index contributed by atoms with van der Waals surface area (Å²) in [5.74, 6) is -1.99. The van der Waals surface area contributed by atoms with Crippen LogP contribution in [0, 0.1) is 5.92 Å². The lowest BCUT2D eigenvalue weighted by Gasteiger charge is -2.23. The number of fused-ring (bicyclic) bond motifs is 1. The van der Waals surface area contributed by atoms with E-state index in [9.17, 15) is 24.3 Å². The van der Waals surface area contributed by atoms with Crippen molar-refractivity contribution >= 4 is 46.4 Å². The third kappa shape index (κ3) is 8.91. The fraction of sp³-hybridized carbons (Fsp3) is 0.500. The highest BCUT2D eigenvalue weighted by Crippen LogP contribution is 2.19. The minimum absolute atomic E-state index is 0.0532. The summed E-state index contributed by atoms with van der Waals surface area (Å²) in [4.78, 5) is 52.5. The van der Waals surface area contributed by atoms with Crippen LogP contribution in [0.4, 0.5) is 0 Å². The average Bonchev–Trinajstić information content (AvgIpc) is 3.22. The number of hydrogen-bond donors (Lipinski definition) is 6. The Kier molecular flexibility index (Phi) is 11.1. The van der Waals surface area contributed by atoms with Crippen LogP contribution >= 0.6 is 11.8 Å². The summed E-state index contributed by atoms with van der Waals surface area (Å²) >= 11 is 1.57. The molecule has 0 saturated heterocycles. The number of nitrogens with one attached hydrogen (secondary N) is 4. The van der Waals surface area contributed by atoms with Gasteiger partial charge in [-0.15, -0.1) is 0 Å². The van der Waals surface area contributed by atoms with E-state index in [1.807, 2.05) is 44.4 Å². The molecule has 2 rings (SSSR count). The number of amides is 3. The van der Waals surface area contributed by atoms with Gasteiger partial charge in [-0.25, -0.2) is 4.79 Å². The topological polar surface area (TPSA) is 166 Å². The highest BCUT2D eigenvalue weighted by molar-refractivity contribution is 7.98. The molecule has 2 aromatic rings. The number of hydrogen-bond acceptors (Lipinski definition) is 6. The van der Waals surface area contributed by atoms with E-state index in [0.29, 0.717) is 12.8 Å². The van der Waals surface area contributed by atoms with Crippen LogP contribution in [0.15, 0.2) is 30.5 Å². The molecule has 7 N–H and O–H groups in total. The molecule has 3 amide bonds. The number of carbonyl (C=O) groups excluding carboxylic acids is 3. The van der Waals surface area contributed by atoms with E-state index < -0.39 is 41.8 Å². The Morgan fingerprint density at radius 2 is 1.80 bits per heavy atom. The van der Waals surface area contributed by atoms with Gasteiger partial charge in [0.1, 0.15) is 12.1 Å². The van der Waals surface area contributed by atoms with Crippen molar-refractivity contribution < 1.29 is 24.3 Å². The SMILES string of the molecule is CSCCC(N)C(=O)NCC(=O)NC(CC(C)C)C(=O)NC(Cc1c[nH]c2ccccc12)C(=O)O. The van der Waals surface area contributed by atoms with Gasteiger partial charge in [0, 0.05) is 23.5 Å². The lowest BCUT2D eigenvalue weighted by molar-refractivity contribution is -0.142. The zero-order chi connectivity index (χ0) is 26.0. The van der Waals surface area contributed by atoms with Crippen molar-refractivity contribution in [1.29, 1.82) is 0 Å². The van der Waals surface area contributed by atoms with E-state index in [0.717, 1.165) is 22.2 Å². The summed E-state index contributed by atoms with van der Waals surface area (Å²) in [6.45, 7) is 3.45. The molecule has 10 nitrogen and oxygen atoms in total. The van der Waals surface area contributed by atoms with Crippen molar-refractivity contribution in [2.75, 3.05) is 18.6 Å². The van der Waals surface area contributed by atoms with Gasteiger partial charge in [-0.3, -0.25) is 14.4 Å². The first kappa shape index (κ1) is 28.2. The zero-order valence-electron chi connectivity index (χ0n) is 20.3. The monoisotopic (exact) mass is 505 g/mol. The molecule has 0 saturated carbocycles. The van der Waals surface area contributed by atoms with E-state index in [2.05, 4.69) is 20.9 Å². The van der Waals surface area contributed by atoms with E-state index in [1.165, 1.54) is 0 Å². The lowest BCUT2D eigenvalue weighted by atomic mass is 10.0. The number of aromatic amines is 1. The molecular formula is C24H35N5O5S. The standard InChI is InChI=1S/C24H35N5O5S/c1-14(2)10-19(28-21(30)13-27-22(31)17(25)8-9-35-3)23(32)29-20(24(33)34)11-15-12-26-18-7-5-4-6-16(15)18/h4-7,12,14,17,19-20,26H,8-11,13,25H2,1-3H3,(H,27,31)(H,28,30)(H,29,32)(H,33,34). The second-order valence-electron chi connectivity index (χ2n) is 8.82. The smallest absolute Gasteiger partial charge is 0.326 e. The van der Waals surface area contributed by atoms with Gasteiger partial charge in [-0.05, 0) is 42.4 Å². The molecule has 0 aliphatic rings. The number of benzene rings is 1. The second kappa shape index (κ2) is 13.7. The Bertz CT molecular complexity index is 1020. The van der Waals surface area contributed by atoms with Crippen LogP contribution < -0.4 is 21.7 Å². The van der Waals surface area contributed by atoms with Gasteiger partial charge in [0.25, 0.3) is 0 Å². The van der Waals surface area contributed by atoms with Gasteiger partial charge in [-0.2, -0.15) is 11.8 Å². The van der Waals surface area contributed by atoms with Crippen molar-refractivity contribution in [2.24, 2.45) is 11.7 Å². The Hall–Kier alpha value is -3.05. The number of carboxylic acid groups (broad SMARTS) is 1. The number of rotatable bonds is 14. The number of nitrogens with two attached hydrogens (primary N) is 1. The quantitative estimate of drug-likeness (QED) is 0.223. The fourth-order valence-electron chi connectivity index (χ4n) is 3.62. The predicted molar refractivity (Wildman–Crippen MR) is 137 cm³/mol. The van der Waals surface area contributed by atoms with Crippen LogP contribution in [0.25, 0.3) is 10.9 Å². The van der Waals surface area contributed by atoms with Gasteiger partial charge in [-0.1, -0.05) is 32.0 Å². The summed E-state index contributed by atoms with van der Waals surface area (Å²) in [5.41, 5.74) is 7.43. The second-order valence-corrected chi connectivity index (χ2v) is 9.80. The molecule has 35 heavy (non-hydrogen) atoms. The molecular weight excluding hydrogens is 470 g/mol. The molecule has 1 aromatic carbocycles. The molecule has 0 aliphatic heterocycles. The number of para-hydroxylation sites is 1. The van der Waals surface area contributed by atoms with E-state index in [1.54, 1.807) is 18.0 Å². The highest BCUT2D eigenvalue weighted by Gasteiger charge is 2.28. The molecule has 0 radical (unpaired) electrons. The molecule has 3 unspecified atom stereocenters. The molecule has 0 fully saturated rings. The molecule has 1 heterocycles. The maximum Gasteiger partial charge on any atom is 0.326 e. The summed E-state index contributed by atoms with van der Waals surface area (Å²) in [7, 11) is 0. The van der Waals surface area contributed by atoms with Crippen molar-refractivity contribution in [1.82, 2.24) is 20.9 Å². The highest BCUT2D eigenvalue weighted by atomic mass is 32.2. The van der Waals surface area contributed by atoms with Crippen LogP contribution in [0.2, 0.25) is 0 Å². The summed E-state index contributed by atoms with van der Waals surface area (Å²) < 4.78 is 0. The number of aromatic nitrogens is 1. The third-order valence-electron chi connectivity index (χ3n) is 5.47. The van der Waals surface area contributed by atoms with Crippen LogP contribution in [-0.2, 0) is 25.6 Å². The average molecular weight is 506 g/mol. The number of carbonyl (C=O) groups is 4. The normalized spacial score (nSPS) is 13.7. The van der Waals surface area contributed by atoms with Gasteiger partial charge in [0.15, 0.2) is 0 Å². The predicted octanol–water partition coefficient (Wildman–Crippen LogP) is 1.01. The first-order valence-electron chi connectivity index (χ1n) is 11.5. The van der Waals surface area contributed by atoms with Crippen molar-refractivity contribution in [3.8, 4) is 0 Å². The number of thioether (sulfide) groups is 1. The van der Waals surface area contributed by atoms with Crippen LogP contribution in [-0.4, -0.2) is 70.5 Å². The Morgan fingerprint density at radius 3 is 2.46 bits per heavy atom. The summed E-state index contributed by atoms with van der Waals surface area (Å²) in [5, 5.41) is 18.3. The number of H-pyrrole nitrogens is 1. The fourth-order valence-corrected chi connectivity index (χ4v) is 4.11. The van der Waals surface area contributed by atoms with Crippen LogP contribution in [0.3, 0.4) is 0 Å². The largest absolute Gasteiger partial charge is 0.480 e. The van der Waals surface area contributed by atoms with Gasteiger partial charge < -0.3 is 31.8 Å². The van der Waals surface area contributed by atoms with Crippen LogP contribution in [0.5, 0.6) is 0 Å². The molecule has 0 aliphatic carbocycles. The minimum Gasteiger partial charge on any atom is -0.480 e. The van der Waals surface area contributed by atoms with Crippen LogP contribution in [0.1, 0.15) is 32.3 Å². The van der Waals surface area contributed by atoms with E-state index in [-0.39, 0.29) is 18.9 Å². The maximum atomic E-state index is 13.0. The molecule has 3 atom stereocenters. The molecule has 1 aromatic heterocycles. The zero-order valence-corrected chi connectivity index (χ0v) is 21.1. The van der Waals surface area contributed by atoms with E-state index in [4.69, 9.17) is 5.73 Å². The lowest BCUT2D eigenvalue weighted by Crippen LogP contribution is -2.54. The molecule has 0 spiro atoms. The summed E-state index contributed by atoms with van der Waals surface area (Å²) in [6.07, 6.45) is 4.51. The van der Waals surface area contributed by atoms with E-state index >= 15 is 0 Å².